The van der Waals surface area contributed by atoms with E-state index < -0.39 is 0 Å². The summed E-state index contributed by atoms with van der Waals surface area (Å²) in [5.74, 6) is 1.42. The number of hydrogen-bond donors (Lipinski definition) is 0. The zero-order valence-electron chi connectivity index (χ0n) is 20.6. The van der Waals surface area contributed by atoms with Gasteiger partial charge in [0.15, 0.2) is 11.5 Å². The number of hydrogen-bond acceptors (Lipinski definition) is 5. The first-order chi connectivity index (χ1) is 17.7. The van der Waals surface area contributed by atoms with Crippen LogP contribution in [0.4, 0.5) is 5.69 Å². The summed E-state index contributed by atoms with van der Waals surface area (Å²) in [6.45, 7) is 0.795. The van der Waals surface area contributed by atoms with Crippen LogP contribution in [0.5, 0.6) is 11.5 Å². The number of nitrogens with zero attached hydrogens (tertiary/aromatic N) is 2. The van der Waals surface area contributed by atoms with Crippen molar-refractivity contribution in [2.75, 3.05) is 25.7 Å². The highest BCUT2D eigenvalue weighted by Crippen LogP contribution is 2.57. The molecular formula is C31H30N2O3. The largest absolute Gasteiger partial charge is 0.493 e. The summed E-state index contributed by atoms with van der Waals surface area (Å²) < 4.78 is 11.2. The fraction of sp³-hybridized carbons (Fsp3) is 0.226. The molecule has 2 fully saturated rings. The summed E-state index contributed by atoms with van der Waals surface area (Å²) in [6, 6.07) is 38.0. The first-order valence-electron chi connectivity index (χ1n) is 12.3. The highest BCUT2D eigenvalue weighted by atomic mass is 16.7. The van der Waals surface area contributed by atoms with E-state index in [9.17, 15) is 0 Å². The van der Waals surface area contributed by atoms with Crippen LogP contribution in [0.1, 0.15) is 35.4 Å². The van der Waals surface area contributed by atoms with Crippen molar-refractivity contribution >= 4 is 5.69 Å². The average molecular weight is 479 g/mol. The molecule has 0 bridgehead atoms. The topological polar surface area (TPSA) is 34.2 Å². The van der Waals surface area contributed by atoms with Crippen LogP contribution in [0.25, 0.3) is 0 Å². The number of benzene rings is 4. The second kappa shape index (κ2) is 9.34. The molecule has 5 nitrogen and oxygen atoms in total. The Morgan fingerprint density at radius 1 is 0.722 bits per heavy atom. The lowest BCUT2D eigenvalue weighted by molar-refractivity contribution is -0.198. The van der Waals surface area contributed by atoms with Crippen LogP contribution in [0.2, 0.25) is 0 Å². The Morgan fingerprint density at radius 3 is 2.03 bits per heavy atom. The van der Waals surface area contributed by atoms with Crippen molar-refractivity contribution in [1.82, 2.24) is 5.06 Å². The lowest BCUT2D eigenvalue weighted by Crippen LogP contribution is -2.37. The molecule has 2 aliphatic heterocycles. The summed E-state index contributed by atoms with van der Waals surface area (Å²) in [5, 5.41) is 2.23. The van der Waals surface area contributed by atoms with Crippen molar-refractivity contribution in [3.05, 3.63) is 126 Å². The third kappa shape index (κ3) is 3.72. The molecule has 0 N–H and O–H groups in total. The van der Waals surface area contributed by atoms with Gasteiger partial charge in [-0.15, -0.1) is 5.06 Å². The highest BCUT2D eigenvalue weighted by molar-refractivity contribution is 5.54. The lowest BCUT2D eigenvalue weighted by atomic mass is 9.84. The minimum absolute atomic E-state index is 0.0352. The molecule has 2 saturated heterocycles. The first kappa shape index (κ1) is 22.7. The van der Waals surface area contributed by atoms with E-state index in [0.717, 1.165) is 24.2 Å². The smallest absolute Gasteiger partial charge is 0.161 e. The average Bonchev–Trinajstić information content (AvgIpc) is 3.49. The van der Waals surface area contributed by atoms with E-state index in [1.54, 1.807) is 14.2 Å². The van der Waals surface area contributed by atoms with E-state index in [4.69, 9.17) is 14.3 Å². The van der Waals surface area contributed by atoms with Gasteiger partial charge in [0.2, 0.25) is 0 Å². The molecule has 5 heteroatoms. The van der Waals surface area contributed by atoms with Gasteiger partial charge in [-0.05, 0) is 41.0 Å². The predicted octanol–water partition coefficient (Wildman–Crippen LogP) is 6.50. The molecule has 4 aromatic carbocycles. The van der Waals surface area contributed by atoms with Crippen LogP contribution in [-0.2, 0) is 10.4 Å². The maximum absolute atomic E-state index is 6.90. The van der Waals surface area contributed by atoms with Crippen molar-refractivity contribution in [3.63, 3.8) is 0 Å². The molecule has 6 rings (SSSR count). The summed E-state index contributed by atoms with van der Waals surface area (Å²) in [6.07, 6.45) is 0.668. The van der Waals surface area contributed by atoms with Gasteiger partial charge in [-0.25, -0.2) is 0 Å². The van der Waals surface area contributed by atoms with Gasteiger partial charge in [0.05, 0.1) is 19.8 Å². The number of fused-ring (bicyclic) bond motifs is 1. The first-order valence-corrected chi connectivity index (χ1v) is 12.3. The van der Waals surface area contributed by atoms with Crippen molar-refractivity contribution in [3.8, 4) is 11.5 Å². The molecule has 0 radical (unpaired) electrons. The molecule has 182 valence electrons. The van der Waals surface area contributed by atoms with Gasteiger partial charge in [-0.1, -0.05) is 84.9 Å². The minimum Gasteiger partial charge on any atom is -0.493 e. The van der Waals surface area contributed by atoms with Gasteiger partial charge in [0.25, 0.3) is 0 Å². The molecule has 2 heterocycles. The molecule has 0 saturated carbocycles. The number of para-hydroxylation sites is 1. The third-order valence-electron chi connectivity index (χ3n) is 7.41. The van der Waals surface area contributed by atoms with Crippen LogP contribution in [0, 0.1) is 0 Å². The molecule has 36 heavy (non-hydrogen) atoms. The van der Waals surface area contributed by atoms with Crippen molar-refractivity contribution < 1.29 is 14.3 Å². The van der Waals surface area contributed by atoms with Crippen LogP contribution in [-0.4, -0.2) is 25.8 Å². The number of ether oxygens (including phenoxy) is 2. The van der Waals surface area contributed by atoms with Gasteiger partial charge in [0, 0.05) is 18.7 Å². The van der Waals surface area contributed by atoms with Gasteiger partial charge in [0.1, 0.15) is 12.3 Å². The van der Waals surface area contributed by atoms with E-state index in [-0.39, 0.29) is 17.8 Å². The lowest BCUT2D eigenvalue weighted by Gasteiger charge is -2.33. The molecule has 0 amide bonds. The Kier molecular flexibility index (Phi) is 5.88. The standard InChI is InChI=1S/C31H30N2O3/c1-34-27-19-18-24(20-28(27)35-2)30-32(26-16-10-5-11-17-26)22-31(25-14-8-4-9-15-25)21-29(36-33(30)31)23-12-6-3-7-13-23/h3-20,29-30H,21-22H2,1-2H3/t29-,30-,31-/m1/s1. The molecule has 0 aliphatic carbocycles. The third-order valence-corrected chi connectivity index (χ3v) is 7.41. The summed E-state index contributed by atoms with van der Waals surface area (Å²) in [4.78, 5) is 9.34. The van der Waals surface area contributed by atoms with Crippen LogP contribution < -0.4 is 14.4 Å². The number of anilines is 1. The SMILES string of the molecule is COc1ccc([C@@H]2N(c3ccccc3)C[C@@]3(c4ccccc4)C[C@H](c4ccccc4)ON23)cc1OC. The number of hydroxylamine groups is 2. The molecule has 0 unspecified atom stereocenters. The Hall–Kier alpha value is -3.80. The fourth-order valence-electron chi connectivity index (χ4n) is 5.70. The van der Waals surface area contributed by atoms with Crippen molar-refractivity contribution in [2.24, 2.45) is 0 Å². The molecule has 3 atom stereocenters. The van der Waals surface area contributed by atoms with Crippen LogP contribution in [0.15, 0.2) is 109 Å². The molecule has 0 aromatic heterocycles. The Labute approximate surface area is 212 Å². The Morgan fingerprint density at radius 2 is 1.36 bits per heavy atom. The predicted molar refractivity (Wildman–Crippen MR) is 141 cm³/mol. The maximum Gasteiger partial charge on any atom is 0.161 e. The Balaban J connectivity index is 1.51. The van der Waals surface area contributed by atoms with Gasteiger partial charge in [-0.2, -0.15) is 0 Å². The normalized spacial score (nSPS) is 23.4. The van der Waals surface area contributed by atoms with E-state index in [0.29, 0.717) is 11.5 Å². The zero-order chi connectivity index (χ0) is 24.5. The second-order valence-corrected chi connectivity index (χ2v) is 9.38. The van der Waals surface area contributed by atoms with Gasteiger partial charge < -0.3 is 14.4 Å². The molecule has 0 spiro atoms. The quantitative estimate of drug-likeness (QED) is 0.316. The van der Waals surface area contributed by atoms with E-state index in [1.807, 2.05) is 6.07 Å². The van der Waals surface area contributed by atoms with Crippen LogP contribution in [0.3, 0.4) is 0 Å². The van der Waals surface area contributed by atoms with Crippen molar-refractivity contribution in [2.45, 2.75) is 24.2 Å². The highest BCUT2D eigenvalue weighted by Gasteiger charge is 2.59. The van der Waals surface area contributed by atoms with Gasteiger partial charge >= 0.3 is 0 Å². The van der Waals surface area contributed by atoms with E-state index >= 15 is 0 Å². The number of methoxy groups -OCH3 is 2. The van der Waals surface area contributed by atoms with Crippen molar-refractivity contribution in [1.29, 1.82) is 0 Å². The van der Waals surface area contributed by atoms with E-state index in [2.05, 4.69) is 113 Å². The summed E-state index contributed by atoms with van der Waals surface area (Å²) in [5.41, 5.74) is 4.37. The molecule has 4 aromatic rings. The number of rotatable bonds is 6. The summed E-state index contributed by atoms with van der Waals surface area (Å²) >= 11 is 0. The van der Waals surface area contributed by atoms with Crippen LogP contribution >= 0.6 is 0 Å². The van der Waals surface area contributed by atoms with E-state index in [1.165, 1.54) is 11.1 Å². The van der Waals surface area contributed by atoms with Gasteiger partial charge in [-0.3, -0.25) is 4.84 Å². The fourth-order valence-corrected chi connectivity index (χ4v) is 5.70. The molecular weight excluding hydrogens is 448 g/mol. The minimum atomic E-state index is -0.324. The second-order valence-electron chi connectivity index (χ2n) is 9.38. The maximum atomic E-state index is 6.90. The monoisotopic (exact) mass is 478 g/mol. The summed E-state index contributed by atoms with van der Waals surface area (Å²) in [7, 11) is 3.34. The molecule has 2 aliphatic rings. The zero-order valence-corrected chi connectivity index (χ0v) is 20.6. The Bertz CT molecular complexity index is 1320.